The molecule has 1 aliphatic heterocycles. The Morgan fingerprint density at radius 2 is 2.21 bits per heavy atom. The maximum absolute atomic E-state index is 5.80. The number of halogens is 1. The Balaban J connectivity index is 1.98. The number of nitrogens with one attached hydrogen (secondary N) is 1. The zero-order valence-corrected chi connectivity index (χ0v) is 13.4. The van der Waals surface area contributed by atoms with Crippen molar-refractivity contribution in [2.75, 3.05) is 19.0 Å². The number of hydrogen-bond acceptors (Lipinski definition) is 3. The summed E-state index contributed by atoms with van der Waals surface area (Å²) in [6.45, 7) is 5.28. The molecule has 2 unspecified atom stereocenters. The highest BCUT2D eigenvalue weighted by molar-refractivity contribution is 9.10. The molecule has 0 radical (unpaired) electrons. The maximum atomic E-state index is 5.80. The molecule has 0 spiro atoms. The van der Waals surface area contributed by atoms with E-state index in [4.69, 9.17) is 9.47 Å². The van der Waals surface area contributed by atoms with Crippen LogP contribution in [0.5, 0.6) is 5.75 Å². The predicted octanol–water partition coefficient (Wildman–Crippen LogP) is 4.07. The van der Waals surface area contributed by atoms with Gasteiger partial charge in [-0.2, -0.15) is 0 Å². The molecule has 106 valence electrons. The van der Waals surface area contributed by atoms with Gasteiger partial charge in [-0.3, -0.25) is 0 Å². The number of ether oxygens (including phenoxy) is 2. The quantitative estimate of drug-likeness (QED) is 0.904. The molecule has 1 aromatic carbocycles. The van der Waals surface area contributed by atoms with Crippen molar-refractivity contribution in [2.45, 2.75) is 38.8 Å². The Kier molecular flexibility index (Phi) is 5.11. The molecule has 0 aliphatic carbocycles. The first-order chi connectivity index (χ1) is 9.10. The van der Waals surface area contributed by atoms with E-state index in [0.29, 0.717) is 18.1 Å². The number of anilines is 1. The van der Waals surface area contributed by atoms with Gasteiger partial charge in [-0.05, 0) is 52.9 Å². The molecule has 4 heteroatoms. The summed E-state index contributed by atoms with van der Waals surface area (Å²) < 4.78 is 12.0. The van der Waals surface area contributed by atoms with Crippen molar-refractivity contribution >= 4 is 21.6 Å². The van der Waals surface area contributed by atoms with Crippen molar-refractivity contribution in [1.29, 1.82) is 0 Å². The second kappa shape index (κ2) is 6.62. The standard InChI is InChI=1S/C15H22BrNO2/c1-10(2)15-9-12(6-7-19-15)17-11-4-5-14(18-3)13(16)8-11/h4-5,8,10,12,15,17H,6-7,9H2,1-3H3. The highest BCUT2D eigenvalue weighted by Crippen LogP contribution is 2.29. The van der Waals surface area contributed by atoms with Gasteiger partial charge in [-0.1, -0.05) is 13.8 Å². The number of rotatable bonds is 4. The molecule has 0 aromatic heterocycles. The second-order valence-electron chi connectivity index (χ2n) is 5.37. The summed E-state index contributed by atoms with van der Waals surface area (Å²) in [5, 5.41) is 3.59. The van der Waals surface area contributed by atoms with E-state index in [0.717, 1.165) is 35.4 Å². The molecule has 1 heterocycles. The van der Waals surface area contributed by atoms with Crippen LogP contribution in [0.15, 0.2) is 22.7 Å². The third kappa shape index (κ3) is 3.86. The molecule has 0 saturated carbocycles. The Bertz CT molecular complexity index is 423. The van der Waals surface area contributed by atoms with E-state index >= 15 is 0 Å². The fraction of sp³-hybridized carbons (Fsp3) is 0.600. The fourth-order valence-electron chi connectivity index (χ4n) is 2.42. The van der Waals surface area contributed by atoms with Crippen molar-refractivity contribution in [3.63, 3.8) is 0 Å². The number of methoxy groups -OCH3 is 1. The SMILES string of the molecule is COc1ccc(NC2CCOC(C(C)C)C2)cc1Br. The summed E-state index contributed by atoms with van der Waals surface area (Å²) in [5.41, 5.74) is 1.13. The number of hydrogen-bond donors (Lipinski definition) is 1. The summed E-state index contributed by atoms with van der Waals surface area (Å²) in [6.07, 6.45) is 2.50. The van der Waals surface area contributed by atoms with E-state index in [1.54, 1.807) is 7.11 Å². The van der Waals surface area contributed by atoms with Crippen LogP contribution in [0.1, 0.15) is 26.7 Å². The van der Waals surface area contributed by atoms with E-state index in [1.807, 2.05) is 6.07 Å². The molecule has 2 atom stereocenters. The Morgan fingerprint density at radius 1 is 1.42 bits per heavy atom. The average molecular weight is 328 g/mol. The largest absolute Gasteiger partial charge is 0.496 e. The average Bonchev–Trinajstić information content (AvgIpc) is 2.39. The van der Waals surface area contributed by atoms with E-state index in [1.165, 1.54) is 0 Å². The van der Waals surface area contributed by atoms with Crippen molar-refractivity contribution < 1.29 is 9.47 Å². The Hall–Kier alpha value is -0.740. The smallest absolute Gasteiger partial charge is 0.133 e. The summed E-state index contributed by atoms with van der Waals surface area (Å²) in [4.78, 5) is 0. The molecule has 1 fully saturated rings. The Morgan fingerprint density at radius 3 is 2.84 bits per heavy atom. The minimum absolute atomic E-state index is 0.368. The highest BCUT2D eigenvalue weighted by atomic mass is 79.9. The zero-order chi connectivity index (χ0) is 13.8. The van der Waals surface area contributed by atoms with Crippen LogP contribution < -0.4 is 10.1 Å². The van der Waals surface area contributed by atoms with Crippen molar-refractivity contribution in [1.82, 2.24) is 0 Å². The van der Waals surface area contributed by atoms with E-state index < -0.39 is 0 Å². The van der Waals surface area contributed by atoms with Gasteiger partial charge in [0.1, 0.15) is 5.75 Å². The molecular weight excluding hydrogens is 306 g/mol. The van der Waals surface area contributed by atoms with Crippen LogP contribution in [-0.2, 0) is 4.74 Å². The molecule has 0 amide bonds. The van der Waals surface area contributed by atoms with Gasteiger partial charge in [0.25, 0.3) is 0 Å². The van der Waals surface area contributed by atoms with Crippen LogP contribution in [0, 0.1) is 5.92 Å². The molecule has 3 nitrogen and oxygen atoms in total. The number of benzene rings is 1. The van der Waals surface area contributed by atoms with Gasteiger partial charge in [0.2, 0.25) is 0 Å². The third-order valence-electron chi connectivity index (χ3n) is 3.58. The van der Waals surface area contributed by atoms with Gasteiger partial charge in [-0.25, -0.2) is 0 Å². The molecule has 1 saturated heterocycles. The van der Waals surface area contributed by atoms with Crippen LogP contribution >= 0.6 is 15.9 Å². The van der Waals surface area contributed by atoms with E-state index in [-0.39, 0.29) is 0 Å². The van der Waals surface area contributed by atoms with Crippen molar-refractivity contribution in [2.24, 2.45) is 5.92 Å². The van der Waals surface area contributed by atoms with Crippen molar-refractivity contribution in [3.05, 3.63) is 22.7 Å². The van der Waals surface area contributed by atoms with E-state index in [2.05, 4.69) is 47.2 Å². The first kappa shape index (κ1) is 14.7. The summed E-state index contributed by atoms with van der Waals surface area (Å²) in [5.74, 6) is 1.43. The topological polar surface area (TPSA) is 30.5 Å². The molecule has 19 heavy (non-hydrogen) atoms. The lowest BCUT2D eigenvalue weighted by Gasteiger charge is -2.33. The van der Waals surface area contributed by atoms with Gasteiger partial charge in [-0.15, -0.1) is 0 Å². The lowest BCUT2D eigenvalue weighted by molar-refractivity contribution is -0.0160. The van der Waals surface area contributed by atoms with Crippen LogP contribution in [0.2, 0.25) is 0 Å². The zero-order valence-electron chi connectivity index (χ0n) is 11.8. The maximum Gasteiger partial charge on any atom is 0.133 e. The molecule has 1 aromatic rings. The minimum Gasteiger partial charge on any atom is -0.496 e. The first-order valence-electron chi connectivity index (χ1n) is 6.82. The van der Waals surface area contributed by atoms with Crippen LogP contribution in [0.4, 0.5) is 5.69 Å². The summed E-state index contributed by atoms with van der Waals surface area (Å²) in [7, 11) is 1.68. The van der Waals surface area contributed by atoms with E-state index in [9.17, 15) is 0 Å². The van der Waals surface area contributed by atoms with Crippen LogP contribution in [-0.4, -0.2) is 25.9 Å². The molecular formula is C15H22BrNO2. The monoisotopic (exact) mass is 327 g/mol. The highest BCUT2D eigenvalue weighted by Gasteiger charge is 2.24. The molecule has 1 aliphatic rings. The summed E-state index contributed by atoms with van der Waals surface area (Å²) >= 11 is 3.52. The summed E-state index contributed by atoms with van der Waals surface area (Å²) in [6, 6.07) is 6.59. The lowest BCUT2D eigenvalue weighted by Crippen LogP contribution is -2.36. The molecule has 1 N–H and O–H groups in total. The molecule has 0 bridgehead atoms. The lowest BCUT2D eigenvalue weighted by atomic mass is 9.95. The van der Waals surface area contributed by atoms with Gasteiger partial charge >= 0.3 is 0 Å². The third-order valence-corrected chi connectivity index (χ3v) is 4.20. The first-order valence-corrected chi connectivity index (χ1v) is 7.61. The van der Waals surface area contributed by atoms with Gasteiger partial charge in [0.15, 0.2) is 0 Å². The van der Waals surface area contributed by atoms with Gasteiger partial charge in [0.05, 0.1) is 17.7 Å². The van der Waals surface area contributed by atoms with Crippen LogP contribution in [0.3, 0.4) is 0 Å². The second-order valence-corrected chi connectivity index (χ2v) is 6.22. The van der Waals surface area contributed by atoms with Crippen molar-refractivity contribution in [3.8, 4) is 5.75 Å². The van der Waals surface area contributed by atoms with Gasteiger partial charge in [0, 0.05) is 18.3 Å². The minimum atomic E-state index is 0.368. The Labute approximate surface area is 123 Å². The fourth-order valence-corrected chi connectivity index (χ4v) is 2.96. The van der Waals surface area contributed by atoms with Gasteiger partial charge < -0.3 is 14.8 Å². The normalized spacial score (nSPS) is 23.4. The predicted molar refractivity (Wildman–Crippen MR) is 81.9 cm³/mol. The molecule has 2 rings (SSSR count). The van der Waals surface area contributed by atoms with Crippen LogP contribution in [0.25, 0.3) is 0 Å².